The molecule has 0 spiro atoms. The smallest absolute Gasteiger partial charge is 0.332 e. The van der Waals surface area contributed by atoms with Crippen LogP contribution in [0.15, 0.2) is 63.3 Å². The molecule has 2 N–H and O–H groups in total. The number of benzene rings is 2. The molecule has 198 valence electrons. The standard InChI is InChI=1S/C26H27ClN6O4S/c1-15(2)13-32-22(28)21(24(35)31(3)26(32)36)19(34)14-38-25-30-29-23(18-7-5-6-8-20(18)37-4)33(25)17-11-9-16(27)10-12-17/h5-12,15H,13-14,28H2,1-4H3. The van der Waals surface area contributed by atoms with Crippen LogP contribution in [0.25, 0.3) is 17.1 Å². The van der Waals surface area contributed by atoms with Gasteiger partial charge < -0.3 is 10.5 Å². The number of anilines is 1. The Morgan fingerprint density at radius 2 is 1.79 bits per heavy atom. The lowest BCUT2D eigenvalue weighted by Gasteiger charge is -2.16. The summed E-state index contributed by atoms with van der Waals surface area (Å²) in [4.78, 5) is 38.8. The Morgan fingerprint density at radius 3 is 2.45 bits per heavy atom. The Morgan fingerprint density at radius 1 is 1.11 bits per heavy atom. The normalized spacial score (nSPS) is 11.2. The summed E-state index contributed by atoms with van der Waals surface area (Å²) in [5, 5.41) is 9.69. The number of ketones is 1. The molecule has 0 fully saturated rings. The lowest BCUT2D eigenvalue weighted by molar-refractivity contribution is 0.102. The lowest BCUT2D eigenvalue weighted by Crippen LogP contribution is -2.43. The summed E-state index contributed by atoms with van der Waals surface area (Å²) >= 11 is 7.21. The molecule has 0 aliphatic carbocycles. The maximum atomic E-state index is 13.3. The van der Waals surface area contributed by atoms with Crippen LogP contribution >= 0.6 is 23.4 Å². The Kier molecular flexibility index (Phi) is 8.08. The number of halogens is 1. The van der Waals surface area contributed by atoms with Crippen LogP contribution in [-0.2, 0) is 13.6 Å². The van der Waals surface area contributed by atoms with Crippen LogP contribution in [0.3, 0.4) is 0 Å². The number of methoxy groups -OCH3 is 1. The molecule has 2 heterocycles. The highest BCUT2D eigenvalue weighted by Crippen LogP contribution is 2.33. The van der Waals surface area contributed by atoms with Crippen LogP contribution < -0.4 is 21.7 Å². The van der Waals surface area contributed by atoms with Gasteiger partial charge in [0.15, 0.2) is 16.8 Å². The van der Waals surface area contributed by atoms with E-state index in [1.165, 1.54) is 11.6 Å². The van der Waals surface area contributed by atoms with Crippen LogP contribution in [-0.4, -0.2) is 42.5 Å². The first kappa shape index (κ1) is 27.2. The minimum Gasteiger partial charge on any atom is -0.496 e. The van der Waals surface area contributed by atoms with E-state index in [0.29, 0.717) is 27.3 Å². The van der Waals surface area contributed by atoms with Crippen molar-refractivity contribution in [2.45, 2.75) is 25.5 Å². The number of hydrogen-bond acceptors (Lipinski definition) is 8. The number of carbonyl (C=O) groups is 1. The van der Waals surface area contributed by atoms with E-state index in [1.807, 2.05) is 50.2 Å². The predicted molar refractivity (Wildman–Crippen MR) is 149 cm³/mol. The summed E-state index contributed by atoms with van der Waals surface area (Å²) in [7, 11) is 2.90. The minimum absolute atomic E-state index is 0.0798. The van der Waals surface area contributed by atoms with Crippen LogP contribution in [0.2, 0.25) is 5.02 Å². The number of Topliss-reactive ketones (excluding diaryl/α,β-unsaturated/α-hetero) is 1. The van der Waals surface area contributed by atoms with Gasteiger partial charge in [-0.3, -0.25) is 23.3 Å². The summed E-state index contributed by atoms with van der Waals surface area (Å²) in [6.45, 7) is 4.11. The van der Waals surface area contributed by atoms with Crippen molar-refractivity contribution in [3.63, 3.8) is 0 Å². The molecular weight excluding hydrogens is 528 g/mol. The monoisotopic (exact) mass is 554 g/mol. The first-order chi connectivity index (χ1) is 18.1. The number of rotatable bonds is 9. The SMILES string of the molecule is COc1ccccc1-c1nnc(SCC(=O)c2c(N)n(CC(C)C)c(=O)n(C)c2=O)n1-c1ccc(Cl)cc1. The van der Waals surface area contributed by atoms with Crippen LogP contribution in [0, 0.1) is 5.92 Å². The molecule has 0 saturated carbocycles. The fraction of sp³-hybridized carbons (Fsp3) is 0.269. The van der Waals surface area contributed by atoms with Crippen molar-refractivity contribution in [1.29, 1.82) is 0 Å². The second-order valence-electron chi connectivity index (χ2n) is 8.94. The number of ether oxygens (including phenoxy) is 1. The summed E-state index contributed by atoms with van der Waals surface area (Å²) in [6.07, 6.45) is 0. The highest BCUT2D eigenvalue weighted by Gasteiger charge is 2.24. The molecule has 2 aromatic heterocycles. The van der Waals surface area contributed by atoms with E-state index in [9.17, 15) is 14.4 Å². The summed E-state index contributed by atoms with van der Waals surface area (Å²) in [6, 6.07) is 14.5. The van der Waals surface area contributed by atoms with Gasteiger partial charge in [0.1, 0.15) is 17.1 Å². The van der Waals surface area contributed by atoms with Gasteiger partial charge in [0, 0.05) is 24.3 Å². The zero-order valence-electron chi connectivity index (χ0n) is 21.3. The minimum atomic E-state index is -0.730. The average molecular weight is 555 g/mol. The molecule has 4 aromatic rings. The molecule has 0 radical (unpaired) electrons. The Balaban J connectivity index is 1.75. The van der Waals surface area contributed by atoms with Gasteiger partial charge in [-0.15, -0.1) is 10.2 Å². The van der Waals surface area contributed by atoms with E-state index in [1.54, 1.807) is 23.8 Å². The number of nitrogens with zero attached hydrogens (tertiary/aromatic N) is 5. The molecule has 10 nitrogen and oxygen atoms in total. The molecule has 0 aliphatic rings. The molecule has 0 unspecified atom stereocenters. The van der Waals surface area contributed by atoms with Crippen molar-refractivity contribution < 1.29 is 9.53 Å². The molecule has 2 aromatic carbocycles. The third kappa shape index (κ3) is 5.25. The second-order valence-corrected chi connectivity index (χ2v) is 10.3. The lowest BCUT2D eigenvalue weighted by atomic mass is 10.2. The van der Waals surface area contributed by atoms with Crippen molar-refractivity contribution in [1.82, 2.24) is 23.9 Å². The van der Waals surface area contributed by atoms with Crippen LogP contribution in [0.4, 0.5) is 5.82 Å². The molecular formula is C26H27ClN6O4S. The van der Waals surface area contributed by atoms with Crippen molar-refractivity contribution in [3.8, 4) is 22.8 Å². The Hall–Kier alpha value is -3.83. The topological polar surface area (TPSA) is 127 Å². The van der Waals surface area contributed by atoms with Gasteiger partial charge in [-0.2, -0.15) is 0 Å². The Bertz CT molecular complexity index is 1610. The van der Waals surface area contributed by atoms with E-state index >= 15 is 0 Å². The molecule has 0 aliphatic heterocycles. The zero-order valence-corrected chi connectivity index (χ0v) is 22.9. The number of thioether (sulfide) groups is 1. The number of carbonyl (C=O) groups excluding carboxylic acids is 1. The maximum Gasteiger partial charge on any atom is 0.332 e. The molecule has 0 amide bonds. The highest BCUT2D eigenvalue weighted by molar-refractivity contribution is 7.99. The van der Waals surface area contributed by atoms with Gasteiger partial charge in [-0.05, 0) is 42.3 Å². The van der Waals surface area contributed by atoms with Gasteiger partial charge >= 0.3 is 5.69 Å². The van der Waals surface area contributed by atoms with E-state index in [2.05, 4.69) is 10.2 Å². The van der Waals surface area contributed by atoms with Gasteiger partial charge in [0.2, 0.25) is 0 Å². The first-order valence-corrected chi connectivity index (χ1v) is 13.1. The summed E-state index contributed by atoms with van der Waals surface area (Å²) in [5.74, 6) is 0.376. The van der Waals surface area contributed by atoms with Gasteiger partial charge in [0.25, 0.3) is 5.56 Å². The quantitative estimate of drug-likeness (QED) is 0.245. The Labute approximate surface area is 228 Å². The van der Waals surface area contributed by atoms with E-state index < -0.39 is 17.0 Å². The number of para-hydroxylation sites is 1. The molecule has 0 saturated heterocycles. The van der Waals surface area contributed by atoms with Gasteiger partial charge in [-0.25, -0.2) is 4.79 Å². The maximum absolute atomic E-state index is 13.3. The van der Waals surface area contributed by atoms with Gasteiger partial charge in [-0.1, -0.05) is 49.3 Å². The third-order valence-electron chi connectivity index (χ3n) is 5.81. The van der Waals surface area contributed by atoms with Crippen molar-refractivity contribution in [3.05, 3.63) is 80.0 Å². The molecule has 0 bridgehead atoms. The molecule has 0 atom stereocenters. The first-order valence-electron chi connectivity index (χ1n) is 11.7. The molecule has 38 heavy (non-hydrogen) atoms. The van der Waals surface area contributed by atoms with Crippen molar-refractivity contribution in [2.75, 3.05) is 18.6 Å². The number of nitrogens with two attached hydrogens (primary N) is 1. The average Bonchev–Trinajstić information content (AvgIpc) is 3.32. The summed E-state index contributed by atoms with van der Waals surface area (Å²) in [5.41, 5.74) is 6.09. The van der Waals surface area contributed by atoms with E-state index in [-0.39, 0.29) is 29.6 Å². The highest BCUT2D eigenvalue weighted by atomic mass is 35.5. The molecule has 4 rings (SSSR count). The number of hydrogen-bond donors (Lipinski definition) is 1. The predicted octanol–water partition coefficient (Wildman–Crippen LogP) is 3.67. The van der Waals surface area contributed by atoms with Crippen molar-refractivity contribution in [2.24, 2.45) is 13.0 Å². The van der Waals surface area contributed by atoms with E-state index in [0.717, 1.165) is 22.0 Å². The van der Waals surface area contributed by atoms with Crippen molar-refractivity contribution >= 4 is 35.0 Å². The van der Waals surface area contributed by atoms with Crippen LogP contribution in [0.5, 0.6) is 5.75 Å². The number of aromatic nitrogens is 5. The summed E-state index contributed by atoms with van der Waals surface area (Å²) < 4.78 is 9.48. The zero-order chi connectivity index (χ0) is 27.6. The van der Waals surface area contributed by atoms with E-state index in [4.69, 9.17) is 22.1 Å². The largest absolute Gasteiger partial charge is 0.496 e. The number of nitrogen functional groups attached to an aromatic ring is 1. The third-order valence-corrected chi connectivity index (χ3v) is 6.99. The van der Waals surface area contributed by atoms with Gasteiger partial charge in [0.05, 0.1) is 18.4 Å². The fourth-order valence-electron chi connectivity index (χ4n) is 3.98. The fourth-order valence-corrected chi connectivity index (χ4v) is 4.93. The molecule has 12 heteroatoms. The van der Waals surface area contributed by atoms with Crippen LogP contribution in [0.1, 0.15) is 24.2 Å². The second kappa shape index (κ2) is 11.3.